The molecule has 1 aromatic rings. The number of urea groups is 1. The molecular formula is C11H12Br2N4O2. The number of nitrogens with zero attached hydrogens (tertiary/aromatic N) is 2. The molecule has 0 aliphatic carbocycles. The molecule has 1 fully saturated rings. The molecule has 19 heavy (non-hydrogen) atoms. The van der Waals surface area contributed by atoms with Crippen LogP contribution in [0.15, 0.2) is 21.2 Å². The van der Waals surface area contributed by atoms with Gasteiger partial charge in [0.1, 0.15) is 10.3 Å². The molecule has 0 radical (unpaired) electrons. The molecule has 0 aromatic carbocycles. The van der Waals surface area contributed by atoms with Crippen molar-refractivity contribution in [1.82, 2.24) is 15.2 Å². The highest BCUT2D eigenvalue weighted by Crippen LogP contribution is 2.18. The number of amides is 3. The number of aromatic nitrogens is 1. The van der Waals surface area contributed by atoms with E-state index in [0.29, 0.717) is 34.3 Å². The normalized spacial score (nSPS) is 18.4. The SMILES string of the molecule is NC(=O)N1CCC(NC(=O)c2nc(Br)ccc2Br)C1. The van der Waals surface area contributed by atoms with Crippen LogP contribution in [-0.2, 0) is 0 Å². The molecule has 2 rings (SSSR count). The Hall–Kier alpha value is -1.15. The first kappa shape index (κ1) is 14.3. The summed E-state index contributed by atoms with van der Waals surface area (Å²) in [7, 11) is 0. The summed E-state index contributed by atoms with van der Waals surface area (Å²) in [6, 6.07) is 2.94. The molecule has 1 aliphatic heterocycles. The molecule has 1 aliphatic rings. The van der Waals surface area contributed by atoms with Crippen molar-refractivity contribution >= 4 is 43.8 Å². The number of likely N-dealkylation sites (tertiary alicyclic amines) is 1. The van der Waals surface area contributed by atoms with E-state index in [0.717, 1.165) is 0 Å². The smallest absolute Gasteiger partial charge is 0.314 e. The zero-order chi connectivity index (χ0) is 14.0. The van der Waals surface area contributed by atoms with E-state index in [1.807, 2.05) is 0 Å². The summed E-state index contributed by atoms with van der Waals surface area (Å²) in [6.07, 6.45) is 0.695. The predicted octanol–water partition coefficient (Wildman–Crippen LogP) is 1.49. The van der Waals surface area contributed by atoms with Crippen LogP contribution in [0, 0.1) is 0 Å². The van der Waals surface area contributed by atoms with E-state index >= 15 is 0 Å². The largest absolute Gasteiger partial charge is 0.351 e. The van der Waals surface area contributed by atoms with Gasteiger partial charge in [0, 0.05) is 23.6 Å². The lowest BCUT2D eigenvalue weighted by molar-refractivity contribution is 0.0932. The van der Waals surface area contributed by atoms with Crippen LogP contribution in [-0.4, -0.2) is 41.0 Å². The number of nitrogens with two attached hydrogens (primary N) is 1. The van der Waals surface area contributed by atoms with E-state index in [4.69, 9.17) is 5.73 Å². The van der Waals surface area contributed by atoms with Crippen LogP contribution in [0.1, 0.15) is 16.9 Å². The van der Waals surface area contributed by atoms with Gasteiger partial charge in [-0.05, 0) is 50.4 Å². The molecule has 2 heterocycles. The summed E-state index contributed by atoms with van der Waals surface area (Å²) in [4.78, 5) is 28.7. The van der Waals surface area contributed by atoms with Crippen molar-refractivity contribution in [3.05, 3.63) is 26.9 Å². The first-order valence-corrected chi connectivity index (χ1v) is 7.23. The Labute approximate surface area is 127 Å². The van der Waals surface area contributed by atoms with Gasteiger partial charge >= 0.3 is 6.03 Å². The number of rotatable bonds is 2. The molecule has 6 nitrogen and oxygen atoms in total. The van der Waals surface area contributed by atoms with Crippen molar-refractivity contribution in [3.8, 4) is 0 Å². The van der Waals surface area contributed by atoms with Crippen molar-refractivity contribution in [1.29, 1.82) is 0 Å². The average Bonchev–Trinajstić information content (AvgIpc) is 2.80. The summed E-state index contributed by atoms with van der Waals surface area (Å²) in [5.41, 5.74) is 5.51. The van der Waals surface area contributed by atoms with Crippen LogP contribution in [0.3, 0.4) is 0 Å². The number of halogens is 2. The van der Waals surface area contributed by atoms with Crippen molar-refractivity contribution in [3.63, 3.8) is 0 Å². The van der Waals surface area contributed by atoms with Gasteiger partial charge < -0.3 is 16.0 Å². The Bertz CT molecular complexity index is 523. The van der Waals surface area contributed by atoms with Crippen molar-refractivity contribution < 1.29 is 9.59 Å². The van der Waals surface area contributed by atoms with E-state index < -0.39 is 6.03 Å². The number of primary amides is 1. The van der Waals surface area contributed by atoms with Gasteiger partial charge in [-0.2, -0.15) is 0 Å². The lowest BCUT2D eigenvalue weighted by Gasteiger charge is -2.14. The van der Waals surface area contributed by atoms with Gasteiger partial charge in [-0.25, -0.2) is 9.78 Å². The number of pyridine rings is 1. The highest BCUT2D eigenvalue weighted by molar-refractivity contribution is 9.11. The Balaban J connectivity index is 2.02. The minimum absolute atomic E-state index is 0.0901. The number of hydrogen-bond acceptors (Lipinski definition) is 3. The zero-order valence-corrected chi connectivity index (χ0v) is 13.1. The van der Waals surface area contributed by atoms with Gasteiger partial charge in [0.25, 0.3) is 5.91 Å². The Morgan fingerprint density at radius 3 is 2.79 bits per heavy atom. The van der Waals surface area contributed by atoms with Gasteiger partial charge in [-0.15, -0.1) is 0 Å². The van der Waals surface area contributed by atoms with E-state index in [1.54, 1.807) is 12.1 Å². The maximum atomic E-state index is 12.1. The van der Waals surface area contributed by atoms with Crippen LogP contribution in [0.4, 0.5) is 4.79 Å². The molecule has 102 valence electrons. The first-order chi connectivity index (χ1) is 8.97. The van der Waals surface area contributed by atoms with Gasteiger partial charge in [0.2, 0.25) is 0 Å². The highest BCUT2D eigenvalue weighted by Gasteiger charge is 2.27. The van der Waals surface area contributed by atoms with E-state index in [9.17, 15) is 9.59 Å². The maximum absolute atomic E-state index is 12.1. The second-order valence-corrected chi connectivity index (χ2v) is 5.87. The Kier molecular flexibility index (Phi) is 4.41. The second-order valence-electron chi connectivity index (χ2n) is 4.21. The second kappa shape index (κ2) is 5.87. The van der Waals surface area contributed by atoms with Gasteiger partial charge in [-0.3, -0.25) is 4.79 Å². The predicted molar refractivity (Wildman–Crippen MR) is 76.7 cm³/mol. The van der Waals surface area contributed by atoms with Crippen LogP contribution >= 0.6 is 31.9 Å². The third kappa shape index (κ3) is 3.44. The van der Waals surface area contributed by atoms with E-state index in [1.165, 1.54) is 4.90 Å². The van der Waals surface area contributed by atoms with E-state index in [2.05, 4.69) is 42.2 Å². The molecule has 1 unspecified atom stereocenters. The van der Waals surface area contributed by atoms with Gasteiger partial charge in [-0.1, -0.05) is 0 Å². The molecule has 0 spiro atoms. The zero-order valence-electron chi connectivity index (χ0n) is 9.90. The fraction of sp³-hybridized carbons (Fsp3) is 0.364. The lowest BCUT2D eigenvalue weighted by atomic mass is 10.2. The number of hydrogen-bond donors (Lipinski definition) is 2. The average molecular weight is 392 g/mol. The molecule has 0 bridgehead atoms. The Morgan fingerprint density at radius 1 is 1.42 bits per heavy atom. The molecule has 8 heteroatoms. The summed E-state index contributed by atoms with van der Waals surface area (Å²) in [5.74, 6) is -0.274. The quantitative estimate of drug-likeness (QED) is 0.748. The number of carbonyl (C=O) groups is 2. The van der Waals surface area contributed by atoms with Crippen LogP contribution in [0.25, 0.3) is 0 Å². The van der Waals surface area contributed by atoms with Gasteiger partial charge in [0.05, 0.1) is 0 Å². The Morgan fingerprint density at radius 2 is 2.16 bits per heavy atom. The molecule has 3 N–H and O–H groups in total. The van der Waals surface area contributed by atoms with Crippen LogP contribution in [0.5, 0.6) is 0 Å². The van der Waals surface area contributed by atoms with Crippen molar-refractivity contribution in [2.24, 2.45) is 5.73 Å². The minimum atomic E-state index is -0.460. The van der Waals surface area contributed by atoms with Crippen molar-refractivity contribution in [2.75, 3.05) is 13.1 Å². The molecule has 1 aromatic heterocycles. The fourth-order valence-corrected chi connectivity index (χ4v) is 2.62. The van der Waals surface area contributed by atoms with Crippen molar-refractivity contribution in [2.45, 2.75) is 12.5 Å². The molecule has 1 saturated heterocycles. The standard InChI is InChI=1S/C11H12Br2N4O2/c12-7-1-2-8(13)16-9(7)10(18)15-6-3-4-17(5-6)11(14)19/h1-2,6H,3-5H2,(H2,14,19)(H,15,18). The fourth-order valence-electron chi connectivity index (χ4n) is 1.91. The van der Waals surface area contributed by atoms with Crippen LogP contribution < -0.4 is 11.1 Å². The van der Waals surface area contributed by atoms with Gasteiger partial charge in [0.15, 0.2) is 0 Å². The summed E-state index contributed by atoms with van der Waals surface area (Å²) in [5, 5.41) is 2.85. The minimum Gasteiger partial charge on any atom is -0.351 e. The molecule has 0 saturated carbocycles. The third-order valence-electron chi connectivity index (χ3n) is 2.86. The van der Waals surface area contributed by atoms with E-state index in [-0.39, 0.29) is 11.9 Å². The molecule has 1 atom stereocenters. The topological polar surface area (TPSA) is 88.3 Å². The molecule has 3 amide bonds. The first-order valence-electron chi connectivity index (χ1n) is 5.64. The summed E-state index contributed by atoms with van der Waals surface area (Å²) >= 11 is 6.51. The molecular weight excluding hydrogens is 380 g/mol. The number of carbonyl (C=O) groups excluding carboxylic acids is 2. The lowest BCUT2D eigenvalue weighted by Crippen LogP contribution is -2.40. The third-order valence-corrected chi connectivity index (χ3v) is 3.94. The summed E-state index contributed by atoms with van der Waals surface area (Å²) in [6.45, 7) is 1.00. The highest BCUT2D eigenvalue weighted by atomic mass is 79.9. The monoisotopic (exact) mass is 390 g/mol. The maximum Gasteiger partial charge on any atom is 0.314 e. The van der Waals surface area contributed by atoms with Crippen LogP contribution in [0.2, 0.25) is 0 Å². The number of nitrogens with one attached hydrogen (secondary N) is 1. The summed E-state index contributed by atoms with van der Waals surface area (Å²) < 4.78 is 1.21.